The maximum absolute atomic E-state index is 2.40. The van der Waals surface area contributed by atoms with Crippen molar-refractivity contribution in [3.63, 3.8) is 0 Å². The van der Waals surface area contributed by atoms with Crippen LogP contribution in [0.15, 0.2) is 255 Å². The number of para-hydroxylation sites is 3. The van der Waals surface area contributed by atoms with Crippen LogP contribution in [0.1, 0.15) is 0 Å². The lowest BCUT2D eigenvalue weighted by Gasteiger charge is -2.26. The van der Waals surface area contributed by atoms with Gasteiger partial charge in [0.05, 0.1) is 0 Å². The monoisotopic (exact) mass is 822 g/mol. The zero-order valence-corrected chi connectivity index (χ0v) is 35.4. The molecule has 1 heterocycles. The highest BCUT2D eigenvalue weighted by Crippen LogP contribution is 2.45. The van der Waals surface area contributed by atoms with Crippen LogP contribution in [0.3, 0.4) is 0 Å². The van der Waals surface area contributed by atoms with Crippen LogP contribution in [0.5, 0.6) is 0 Å². The van der Waals surface area contributed by atoms with Crippen molar-refractivity contribution in [1.82, 2.24) is 0 Å². The number of anilines is 6. The number of thiophene rings is 1. The van der Waals surface area contributed by atoms with E-state index in [1.807, 2.05) is 11.3 Å². The van der Waals surface area contributed by atoms with Gasteiger partial charge in [-0.05, 0) is 142 Å². The van der Waals surface area contributed by atoms with E-state index in [2.05, 4.69) is 265 Å². The lowest BCUT2D eigenvalue weighted by atomic mass is 9.85. The van der Waals surface area contributed by atoms with E-state index in [0.717, 1.165) is 45.3 Å². The molecule has 1 aromatic heterocycles. The largest absolute Gasteiger partial charge is 0.311 e. The Hall–Kier alpha value is -7.98. The smallest absolute Gasteiger partial charge is 0.0468 e. The molecule has 10 aromatic carbocycles. The van der Waals surface area contributed by atoms with Gasteiger partial charge in [0.2, 0.25) is 0 Å². The van der Waals surface area contributed by atoms with Gasteiger partial charge in [0, 0.05) is 54.3 Å². The van der Waals surface area contributed by atoms with E-state index in [1.165, 1.54) is 53.6 Å². The molecule has 0 bridgehead atoms. The second-order valence-electron chi connectivity index (χ2n) is 15.7. The van der Waals surface area contributed by atoms with Crippen molar-refractivity contribution in [3.05, 3.63) is 255 Å². The van der Waals surface area contributed by atoms with Gasteiger partial charge in [-0.2, -0.15) is 0 Å². The van der Waals surface area contributed by atoms with E-state index in [4.69, 9.17) is 0 Å². The Morgan fingerprint density at radius 1 is 0.222 bits per heavy atom. The molecule has 298 valence electrons. The summed E-state index contributed by atoms with van der Waals surface area (Å²) in [5, 5.41) is 2.58. The highest BCUT2D eigenvalue weighted by Gasteiger charge is 2.19. The van der Waals surface area contributed by atoms with Crippen LogP contribution in [-0.4, -0.2) is 0 Å². The zero-order chi connectivity index (χ0) is 42.0. The number of rotatable bonds is 10. The minimum Gasteiger partial charge on any atom is -0.311 e. The highest BCUT2D eigenvalue weighted by atomic mass is 32.1. The Balaban J connectivity index is 1.04. The molecule has 0 N–H and O–H groups in total. The molecule has 0 spiro atoms. The normalized spacial score (nSPS) is 11.2. The topological polar surface area (TPSA) is 6.48 Å². The van der Waals surface area contributed by atoms with Gasteiger partial charge in [0.25, 0.3) is 0 Å². The average Bonchev–Trinajstić information content (AvgIpc) is 3.74. The number of fused-ring (bicyclic) bond motifs is 3. The van der Waals surface area contributed by atoms with Gasteiger partial charge in [-0.1, -0.05) is 158 Å². The molecular weight excluding hydrogens is 781 g/mol. The van der Waals surface area contributed by atoms with Crippen LogP contribution in [0.4, 0.5) is 34.1 Å². The van der Waals surface area contributed by atoms with Crippen molar-refractivity contribution in [2.24, 2.45) is 0 Å². The molecule has 2 nitrogen and oxygen atoms in total. The van der Waals surface area contributed by atoms with E-state index >= 15 is 0 Å². The third-order valence-electron chi connectivity index (χ3n) is 11.9. The van der Waals surface area contributed by atoms with Gasteiger partial charge < -0.3 is 9.80 Å². The van der Waals surface area contributed by atoms with Crippen LogP contribution in [0.2, 0.25) is 0 Å². The van der Waals surface area contributed by atoms with Crippen molar-refractivity contribution in [1.29, 1.82) is 0 Å². The summed E-state index contributed by atoms with van der Waals surface area (Å²) in [7, 11) is 0. The molecule has 0 atom stereocenters. The van der Waals surface area contributed by atoms with Crippen molar-refractivity contribution >= 4 is 65.6 Å². The molecular formula is C60H42N2S. The first-order valence-corrected chi connectivity index (χ1v) is 22.2. The zero-order valence-electron chi connectivity index (χ0n) is 34.6. The summed E-state index contributed by atoms with van der Waals surface area (Å²) in [5.74, 6) is 0. The van der Waals surface area contributed by atoms with E-state index < -0.39 is 0 Å². The summed E-state index contributed by atoms with van der Waals surface area (Å²) in [5.41, 5.74) is 16.1. The summed E-state index contributed by atoms with van der Waals surface area (Å²) in [4.78, 5) is 4.68. The Morgan fingerprint density at radius 3 is 0.984 bits per heavy atom. The van der Waals surface area contributed by atoms with E-state index in [-0.39, 0.29) is 0 Å². The standard InChI is InChI=1S/C60H42N2S/c1-6-18-43(19-7-1)54-42-57(46-32-36-51(37-33-46)62(49-26-14-5-15-27-49)52-38-39-60-58(40-52)53-28-16-17-29-59(53)63-60)55(44-20-8-2-9-21-44)41-56(54)45-30-34-50(35-31-45)61(47-22-10-3-11-23-47)48-24-12-4-13-25-48/h1-42H. The summed E-state index contributed by atoms with van der Waals surface area (Å²) in [6, 6.07) is 92.0. The maximum Gasteiger partial charge on any atom is 0.0468 e. The first-order valence-electron chi connectivity index (χ1n) is 21.4. The maximum atomic E-state index is 2.40. The van der Waals surface area contributed by atoms with Gasteiger partial charge in [0.15, 0.2) is 0 Å². The van der Waals surface area contributed by atoms with E-state index in [0.29, 0.717) is 0 Å². The summed E-state index contributed by atoms with van der Waals surface area (Å²) >= 11 is 1.85. The Labute approximate surface area is 372 Å². The summed E-state index contributed by atoms with van der Waals surface area (Å²) in [6.45, 7) is 0. The van der Waals surface area contributed by atoms with Gasteiger partial charge >= 0.3 is 0 Å². The third kappa shape index (κ3) is 7.46. The second kappa shape index (κ2) is 16.8. The van der Waals surface area contributed by atoms with Gasteiger partial charge in [-0.3, -0.25) is 0 Å². The summed E-state index contributed by atoms with van der Waals surface area (Å²) in [6.07, 6.45) is 0. The minimum atomic E-state index is 1.10. The molecule has 11 aromatic rings. The highest BCUT2D eigenvalue weighted by molar-refractivity contribution is 7.25. The van der Waals surface area contributed by atoms with Gasteiger partial charge in [0.1, 0.15) is 0 Å². The van der Waals surface area contributed by atoms with Crippen molar-refractivity contribution in [3.8, 4) is 44.5 Å². The number of hydrogen-bond donors (Lipinski definition) is 0. The Bertz CT molecular complexity index is 3250. The predicted octanol–water partition coefficient (Wildman–Crippen LogP) is 17.7. The quantitative estimate of drug-likeness (QED) is 0.136. The fourth-order valence-corrected chi connectivity index (χ4v) is 9.94. The summed E-state index contributed by atoms with van der Waals surface area (Å²) < 4.78 is 2.61. The molecule has 0 aliphatic heterocycles. The van der Waals surface area contributed by atoms with Gasteiger partial charge in [-0.15, -0.1) is 11.3 Å². The third-order valence-corrected chi connectivity index (χ3v) is 13.0. The second-order valence-corrected chi connectivity index (χ2v) is 16.8. The van der Waals surface area contributed by atoms with Crippen LogP contribution in [-0.2, 0) is 0 Å². The SMILES string of the molecule is c1ccc(-c2cc(-c3ccc(N(c4ccccc4)c4ccc5sc6ccccc6c5c4)cc3)c(-c3ccccc3)cc2-c2ccc(N(c3ccccc3)c3ccccc3)cc2)cc1. The lowest BCUT2D eigenvalue weighted by molar-refractivity contribution is 1.28. The molecule has 0 aliphatic rings. The average molecular weight is 823 g/mol. The molecule has 0 aliphatic carbocycles. The molecule has 0 amide bonds. The lowest BCUT2D eigenvalue weighted by Crippen LogP contribution is -2.09. The molecule has 0 saturated carbocycles. The first-order chi connectivity index (χ1) is 31.2. The fourth-order valence-electron chi connectivity index (χ4n) is 8.85. The molecule has 63 heavy (non-hydrogen) atoms. The van der Waals surface area contributed by atoms with Crippen LogP contribution in [0.25, 0.3) is 64.7 Å². The first kappa shape index (κ1) is 38.0. The van der Waals surface area contributed by atoms with Crippen LogP contribution >= 0.6 is 11.3 Å². The molecule has 0 saturated heterocycles. The van der Waals surface area contributed by atoms with E-state index in [9.17, 15) is 0 Å². The van der Waals surface area contributed by atoms with Gasteiger partial charge in [-0.25, -0.2) is 0 Å². The molecule has 11 rings (SSSR count). The van der Waals surface area contributed by atoms with Crippen LogP contribution < -0.4 is 9.80 Å². The molecule has 3 heteroatoms. The van der Waals surface area contributed by atoms with Crippen molar-refractivity contribution in [2.45, 2.75) is 0 Å². The van der Waals surface area contributed by atoms with E-state index in [1.54, 1.807) is 0 Å². The Kier molecular flexibility index (Phi) is 10.1. The number of benzene rings is 10. The van der Waals surface area contributed by atoms with Crippen molar-refractivity contribution in [2.75, 3.05) is 9.80 Å². The van der Waals surface area contributed by atoms with Crippen LogP contribution in [0, 0.1) is 0 Å². The predicted molar refractivity (Wildman–Crippen MR) is 270 cm³/mol. The van der Waals surface area contributed by atoms with Crippen molar-refractivity contribution < 1.29 is 0 Å². The number of hydrogen-bond acceptors (Lipinski definition) is 3. The molecule has 0 radical (unpaired) electrons. The Morgan fingerprint density at radius 2 is 0.540 bits per heavy atom. The fraction of sp³-hybridized carbons (Fsp3) is 0. The minimum absolute atomic E-state index is 1.10. The number of nitrogens with zero attached hydrogens (tertiary/aromatic N) is 2. The molecule has 0 unspecified atom stereocenters. The molecule has 0 fully saturated rings.